The van der Waals surface area contributed by atoms with Crippen LogP contribution in [0, 0.1) is 6.92 Å². The average Bonchev–Trinajstić information content (AvgIpc) is 2.25. The summed E-state index contributed by atoms with van der Waals surface area (Å²) in [4.78, 5) is 0. The number of methoxy groups -OCH3 is 1. The molecule has 0 heterocycles. The van der Waals surface area contributed by atoms with E-state index in [1.165, 1.54) is 17.5 Å². The average molecular weight is 220 g/mol. The molecule has 1 unspecified atom stereocenters. The van der Waals surface area contributed by atoms with E-state index >= 15 is 0 Å². The number of benzene rings is 1. The van der Waals surface area contributed by atoms with Crippen LogP contribution in [0.15, 0.2) is 24.3 Å². The molecule has 16 heavy (non-hydrogen) atoms. The van der Waals surface area contributed by atoms with Gasteiger partial charge in [-0.05, 0) is 37.3 Å². The lowest BCUT2D eigenvalue weighted by atomic mass is 9.72. The number of ether oxygens (including phenoxy) is 1. The highest BCUT2D eigenvalue weighted by molar-refractivity contribution is 5.31. The minimum atomic E-state index is -0.110. The lowest BCUT2D eigenvalue weighted by Crippen LogP contribution is -2.52. The molecule has 1 atom stereocenters. The summed E-state index contributed by atoms with van der Waals surface area (Å²) in [5.74, 6) is 5.71. The molecule has 1 aromatic carbocycles. The normalized spacial score (nSPS) is 20.2. The third-order valence-corrected chi connectivity index (χ3v) is 3.80. The Morgan fingerprint density at radius 1 is 1.38 bits per heavy atom. The van der Waals surface area contributed by atoms with Gasteiger partial charge in [-0.25, -0.2) is 0 Å². The molecule has 0 spiro atoms. The zero-order chi connectivity index (χ0) is 11.6. The zero-order valence-corrected chi connectivity index (χ0v) is 9.99. The van der Waals surface area contributed by atoms with Crippen LogP contribution in [0.5, 0.6) is 0 Å². The molecule has 3 nitrogen and oxygen atoms in total. The maximum atomic E-state index is 5.71. The first-order valence-corrected chi connectivity index (χ1v) is 5.80. The summed E-state index contributed by atoms with van der Waals surface area (Å²) in [5.41, 5.74) is 5.32. The molecular weight excluding hydrogens is 200 g/mol. The number of aryl methyl sites for hydroxylation is 1. The highest BCUT2D eigenvalue weighted by Gasteiger charge is 2.45. The van der Waals surface area contributed by atoms with E-state index in [1.807, 2.05) is 6.07 Å². The van der Waals surface area contributed by atoms with Gasteiger partial charge in [0.2, 0.25) is 0 Å². The smallest absolute Gasteiger partial charge is 0.0885 e. The van der Waals surface area contributed by atoms with E-state index in [9.17, 15) is 0 Å². The monoisotopic (exact) mass is 220 g/mol. The molecule has 1 aliphatic rings. The van der Waals surface area contributed by atoms with Crippen LogP contribution in [0.1, 0.15) is 36.4 Å². The van der Waals surface area contributed by atoms with E-state index in [0.29, 0.717) is 0 Å². The van der Waals surface area contributed by atoms with Crippen molar-refractivity contribution in [3.8, 4) is 0 Å². The topological polar surface area (TPSA) is 47.3 Å². The molecule has 1 aliphatic carbocycles. The molecule has 0 radical (unpaired) electrons. The van der Waals surface area contributed by atoms with Crippen molar-refractivity contribution in [2.75, 3.05) is 7.11 Å². The Bertz CT molecular complexity index is 355. The van der Waals surface area contributed by atoms with Gasteiger partial charge in [-0.3, -0.25) is 11.3 Å². The first-order chi connectivity index (χ1) is 7.73. The van der Waals surface area contributed by atoms with E-state index < -0.39 is 0 Å². The fourth-order valence-corrected chi connectivity index (χ4v) is 2.57. The Balaban J connectivity index is 2.32. The number of nitrogens with two attached hydrogens (primary N) is 1. The number of hydrogen-bond acceptors (Lipinski definition) is 3. The molecule has 1 fully saturated rings. The fraction of sp³-hybridized carbons (Fsp3) is 0.538. The molecule has 1 aromatic rings. The van der Waals surface area contributed by atoms with Crippen molar-refractivity contribution in [3.63, 3.8) is 0 Å². The van der Waals surface area contributed by atoms with Gasteiger partial charge >= 0.3 is 0 Å². The molecule has 2 rings (SSSR count). The Morgan fingerprint density at radius 3 is 2.50 bits per heavy atom. The second-order valence-corrected chi connectivity index (χ2v) is 4.58. The summed E-state index contributed by atoms with van der Waals surface area (Å²) in [5, 5.41) is 0. The van der Waals surface area contributed by atoms with Crippen LogP contribution in [-0.4, -0.2) is 12.7 Å². The van der Waals surface area contributed by atoms with Crippen LogP contribution in [0.25, 0.3) is 0 Å². The van der Waals surface area contributed by atoms with Crippen molar-refractivity contribution in [2.24, 2.45) is 5.84 Å². The van der Waals surface area contributed by atoms with E-state index in [4.69, 9.17) is 10.6 Å². The van der Waals surface area contributed by atoms with E-state index in [-0.39, 0.29) is 11.6 Å². The summed E-state index contributed by atoms with van der Waals surface area (Å²) in [6.45, 7) is 2.11. The minimum Gasteiger partial charge on any atom is -0.376 e. The maximum Gasteiger partial charge on any atom is 0.0885 e. The summed E-state index contributed by atoms with van der Waals surface area (Å²) in [6, 6.07) is 8.43. The third-order valence-electron chi connectivity index (χ3n) is 3.80. The fourth-order valence-electron chi connectivity index (χ4n) is 2.57. The second kappa shape index (κ2) is 4.53. The van der Waals surface area contributed by atoms with Gasteiger partial charge in [0.25, 0.3) is 0 Å². The van der Waals surface area contributed by atoms with E-state index in [1.54, 1.807) is 7.11 Å². The lowest BCUT2D eigenvalue weighted by molar-refractivity contribution is -0.1000. The molecule has 3 heteroatoms. The third kappa shape index (κ3) is 1.75. The van der Waals surface area contributed by atoms with Gasteiger partial charge < -0.3 is 4.74 Å². The zero-order valence-electron chi connectivity index (χ0n) is 9.99. The molecule has 0 aromatic heterocycles. The van der Waals surface area contributed by atoms with Crippen molar-refractivity contribution < 1.29 is 4.74 Å². The molecule has 0 aliphatic heterocycles. The van der Waals surface area contributed by atoms with Gasteiger partial charge in [0.05, 0.1) is 11.6 Å². The van der Waals surface area contributed by atoms with Crippen LogP contribution < -0.4 is 11.3 Å². The summed E-state index contributed by atoms with van der Waals surface area (Å²) < 4.78 is 5.69. The Kier molecular flexibility index (Phi) is 3.28. The number of hydrogen-bond donors (Lipinski definition) is 2. The quantitative estimate of drug-likeness (QED) is 0.603. The van der Waals surface area contributed by atoms with Crippen molar-refractivity contribution >= 4 is 0 Å². The van der Waals surface area contributed by atoms with Crippen molar-refractivity contribution in [3.05, 3.63) is 35.4 Å². The Hall–Kier alpha value is -0.900. The number of rotatable bonds is 4. The van der Waals surface area contributed by atoms with Crippen LogP contribution in [0.3, 0.4) is 0 Å². The van der Waals surface area contributed by atoms with Crippen molar-refractivity contribution in [1.82, 2.24) is 5.43 Å². The van der Waals surface area contributed by atoms with E-state index in [0.717, 1.165) is 12.8 Å². The largest absolute Gasteiger partial charge is 0.376 e. The first-order valence-electron chi connectivity index (χ1n) is 5.80. The van der Waals surface area contributed by atoms with Crippen molar-refractivity contribution in [2.45, 2.75) is 37.8 Å². The molecule has 3 N–H and O–H groups in total. The van der Waals surface area contributed by atoms with Gasteiger partial charge in [-0.2, -0.15) is 0 Å². The highest BCUT2D eigenvalue weighted by Crippen LogP contribution is 2.45. The molecule has 0 bridgehead atoms. The lowest BCUT2D eigenvalue weighted by Gasteiger charge is -2.46. The minimum absolute atomic E-state index is 0.0902. The maximum absolute atomic E-state index is 5.71. The van der Waals surface area contributed by atoms with Gasteiger partial charge in [0.15, 0.2) is 0 Å². The van der Waals surface area contributed by atoms with Gasteiger partial charge in [0, 0.05) is 7.11 Å². The summed E-state index contributed by atoms with van der Waals surface area (Å²) in [6.07, 6.45) is 3.37. The SMILES string of the molecule is COC1(C(NN)c2ccccc2C)CCC1. The first kappa shape index (κ1) is 11.6. The number of nitrogens with one attached hydrogen (secondary N) is 1. The molecule has 0 amide bonds. The predicted octanol–water partition coefficient (Wildman–Crippen LogP) is 2.07. The van der Waals surface area contributed by atoms with Gasteiger partial charge in [-0.15, -0.1) is 0 Å². The highest BCUT2D eigenvalue weighted by atomic mass is 16.5. The standard InChI is InChI=1S/C13H20N2O/c1-10-6-3-4-7-11(10)12(15-14)13(16-2)8-5-9-13/h3-4,6-7,12,15H,5,8-9,14H2,1-2H3. The van der Waals surface area contributed by atoms with Crippen LogP contribution >= 0.6 is 0 Å². The molecule has 88 valence electrons. The Morgan fingerprint density at radius 2 is 2.06 bits per heavy atom. The van der Waals surface area contributed by atoms with Crippen LogP contribution in [-0.2, 0) is 4.74 Å². The van der Waals surface area contributed by atoms with Gasteiger partial charge in [0.1, 0.15) is 0 Å². The van der Waals surface area contributed by atoms with Crippen LogP contribution in [0.4, 0.5) is 0 Å². The molecule has 0 saturated heterocycles. The molecule has 1 saturated carbocycles. The second-order valence-electron chi connectivity index (χ2n) is 4.58. The van der Waals surface area contributed by atoms with E-state index in [2.05, 4.69) is 30.5 Å². The number of hydrazine groups is 1. The van der Waals surface area contributed by atoms with Gasteiger partial charge in [-0.1, -0.05) is 24.3 Å². The summed E-state index contributed by atoms with van der Waals surface area (Å²) >= 11 is 0. The Labute approximate surface area is 97.0 Å². The summed E-state index contributed by atoms with van der Waals surface area (Å²) in [7, 11) is 1.78. The predicted molar refractivity (Wildman–Crippen MR) is 64.8 cm³/mol. The van der Waals surface area contributed by atoms with Crippen LogP contribution in [0.2, 0.25) is 0 Å². The van der Waals surface area contributed by atoms with Crippen molar-refractivity contribution in [1.29, 1.82) is 0 Å². The molecular formula is C13H20N2O.